The third-order valence-corrected chi connectivity index (χ3v) is 7.66. The molecule has 0 aliphatic carbocycles. The van der Waals surface area contributed by atoms with Gasteiger partial charge in [0.2, 0.25) is 0 Å². The molecular formula is C33H37N3O9. The lowest BCUT2D eigenvalue weighted by molar-refractivity contribution is -0.145. The molecule has 0 unspecified atom stereocenters. The molecule has 2 atom stereocenters. The van der Waals surface area contributed by atoms with Crippen LogP contribution in [0.15, 0.2) is 67.0 Å². The number of methoxy groups -OCH3 is 1. The van der Waals surface area contributed by atoms with Gasteiger partial charge in [-0.05, 0) is 71.0 Å². The first-order valence-corrected chi connectivity index (χ1v) is 14.8. The predicted octanol–water partition coefficient (Wildman–Crippen LogP) is 4.11. The molecule has 2 aromatic carbocycles. The molecule has 4 aromatic rings. The molecule has 1 amide bonds. The number of nitrogens with zero attached hydrogens (tertiary/aromatic N) is 2. The molecule has 0 aliphatic rings. The van der Waals surface area contributed by atoms with Gasteiger partial charge in [-0.15, -0.1) is 0 Å². The Labute approximate surface area is 259 Å². The van der Waals surface area contributed by atoms with E-state index in [-0.39, 0.29) is 11.1 Å². The summed E-state index contributed by atoms with van der Waals surface area (Å²) in [5.41, 5.74) is -0.265. The number of hydrogen-bond acceptors (Lipinski definition) is 11. The molecule has 0 spiro atoms. The zero-order chi connectivity index (χ0) is 32.8. The van der Waals surface area contributed by atoms with Crippen LogP contribution >= 0.6 is 0 Å². The molecule has 1 N–H and O–H groups in total. The number of anilines is 2. The Bertz CT molecular complexity index is 1840. The number of esters is 2. The van der Waals surface area contributed by atoms with Crippen LogP contribution in [0.4, 0.5) is 11.4 Å². The second-order valence-electron chi connectivity index (χ2n) is 10.3. The molecule has 45 heavy (non-hydrogen) atoms. The van der Waals surface area contributed by atoms with Crippen LogP contribution in [0.5, 0.6) is 0 Å². The van der Waals surface area contributed by atoms with Crippen LogP contribution in [0.1, 0.15) is 55.3 Å². The minimum Gasteiger partial charge on any atom is -0.467 e. The fourth-order valence-electron chi connectivity index (χ4n) is 5.09. The number of amides is 1. The standard InChI is InChI=1S/C33H37N3O9/c1-7-35(8-2)22-13-11-20-15-24(30(38)44-26(20)17-22)29(37)34-28(33(41)42-6)19(5)43-31(39)25-16-21-12-14-23(36(9-3)10-4)18-27(21)45-32(25)40/h11-19,28H,7-10H2,1-6H3,(H,34,37)/t19-,28+/m1/s1. The van der Waals surface area contributed by atoms with Crippen molar-refractivity contribution in [1.29, 1.82) is 0 Å². The molecule has 0 fully saturated rings. The number of carbonyl (C=O) groups is 3. The van der Waals surface area contributed by atoms with Crippen molar-refractivity contribution in [3.05, 3.63) is 80.5 Å². The lowest BCUT2D eigenvalue weighted by Crippen LogP contribution is -2.50. The Morgan fingerprint density at radius 2 is 1.22 bits per heavy atom. The molecular weight excluding hydrogens is 582 g/mol. The highest BCUT2D eigenvalue weighted by Crippen LogP contribution is 2.24. The third-order valence-electron chi connectivity index (χ3n) is 7.66. The van der Waals surface area contributed by atoms with E-state index in [9.17, 15) is 24.0 Å². The first-order chi connectivity index (χ1) is 21.5. The molecule has 12 heteroatoms. The maximum Gasteiger partial charge on any atom is 0.351 e. The van der Waals surface area contributed by atoms with Gasteiger partial charge in [-0.2, -0.15) is 0 Å². The number of ether oxygens (including phenoxy) is 2. The Morgan fingerprint density at radius 3 is 1.69 bits per heavy atom. The third kappa shape index (κ3) is 7.00. The number of benzene rings is 2. The number of nitrogens with one attached hydrogen (secondary N) is 1. The Balaban J connectivity index is 1.55. The van der Waals surface area contributed by atoms with Crippen LogP contribution in [-0.4, -0.2) is 63.3 Å². The van der Waals surface area contributed by atoms with Gasteiger partial charge < -0.3 is 33.4 Å². The van der Waals surface area contributed by atoms with E-state index in [2.05, 4.69) is 15.1 Å². The molecule has 4 rings (SSSR count). The van der Waals surface area contributed by atoms with E-state index in [1.165, 1.54) is 19.1 Å². The highest BCUT2D eigenvalue weighted by molar-refractivity contribution is 5.99. The molecule has 0 radical (unpaired) electrons. The van der Waals surface area contributed by atoms with E-state index in [0.717, 1.165) is 44.7 Å². The smallest absolute Gasteiger partial charge is 0.351 e. The summed E-state index contributed by atoms with van der Waals surface area (Å²) in [7, 11) is 1.10. The van der Waals surface area contributed by atoms with Crippen LogP contribution in [0, 0.1) is 0 Å². The molecule has 0 bridgehead atoms. The van der Waals surface area contributed by atoms with Crippen LogP contribution in [0.3, 0.4) is 0 Å². The van der Waals surface area contributed by atoms with Gasteiger partial charge >= 0.3 is 23.2 Å². The SMILES string of the molecule is CCN(CC)c1ccc2cc(C(=O)N[C@H](C(=O)OC)[C@@H](C)OC(=O)c3cc4ccc(N(CC)CC)cc4oc3=O)c(=O)oc2c1. The number of carbonyl (C=O) groups excluding carboxylic acids is 3. The topological polar surface area (TPSA) is 149 Å². The van der Waals surface area contributed by atoms with E-state index in [4.69, 9.17) is 18.3 Å². The summed E-state index contributed by atoms with van der Waals surface area (Å²) >= 11 is 0. The highest BCUT2D eigenvalue weighted by atomic mass is 16.6. The fourth-order valence-corrected chi connectivity index (χ4v) is 5.09. The molecule has 238 valence electrons. The van der Waals surface area contributed by atoms with Crippen molar-refractivity contribution in [1.82, 2.24) is 5.32 Å². The molecule has 0 aliphatic heterocycles. The monoisotopic (exact) mass is 619 g/mol. The maximum absolute atomic E-state index is 13.2. The Kier molecular flexibility index (Phi) is 10.3. The van der Waals surface area contributed by atoms with Crippen LogP contribution in [0.2, 0.25) is 0 Å². The summed E-state index contributed by atoms with van der Waals surface area (Å²) in [6, 6.07) is 11.8. The average Bonchev–Trinajstić information content (AvgIpc) is 3.03. The van der Waals surface area contributed by atoms with Gasteiger partial charge in [-0.1, -0.05) is 0 Å². The molecule has 0 saturated heterocycles. The van der Waals surface area contributed by atoms with Crippen LogP contribution in [0.25, 0.3) is 21.9 Å². The predicted molar refractivity (Wildman–Crippen MR) is 170 cm³/mol. The molecule has 0 saturated carbocycles. The summed E-state index contributed by atoms with van der Waals surface area (Å²) in [6.45, 7) is 12.4. The van der Waals surface area contributed by atoms with Crippen molar-refractivity contribution >= 4 is 51.2 Å². The summed E-state index contributed by atoms with van der Waals surface area (Å²) < 4.78 is 21.1. The molecule has 2 heterocycles. The zero-order valence-electron chi connectivity index (χ0n) is 26.2. The zero-order valence-corrected chi connectivity index (χ0v) is 26.2. The fraction of sp³-hybridized carbons (Fsp3) is 0.364. The van der Waals surface area contributed by atoms with E-state index >= 15 is 0 Å². The van der Waals surface area contributed by atoms with Gasteiger partial charge in [0.15, 0.2) is 6.04 Å². The van der Waals surface area contributed by atoms with E-state index < -0.39 is 41.2 Å². The van der Waals surface area contributed by atoms with Crippen LogP contribution in [-0.2, 0) is 14.3 Å². The Morgan fingerprint density at radius 1 is 0.756 bits per heavy atom. The van der Waals surface area contributed by atoms with Crippen molar-refractivity contribution in [2.24, 2.45) is 0 Å². The van der Waals surface area contributed by atoms with Crippen LogP contribution < -0.4 is 26.4 Å². The van der Waals surface area contributed by atoms with E-state index in [1.54, 1.807) is 24.3 Å². The minimum absolute atomic E-state index is 0.297. The van der Waals surface area contributed by atoms with Gasteiger partial charge in [-0.25, -0.2) is 19.2 Å². The van der Waals surface area contributed by atoms with E-state index in [1.807, 2.05) is 39.8 Å². The molecule has 12 nitrogen and oxygen atoms in total. The van der Waals surface area contributed by atoms with Gasteiger partial charge in [0.05, 0.1) is 7.11 Å². The summed E-state index contributed by atoms with van der Waals surface area (Å²) in [6.07, 6.45) is -1.31. The van der Waals surface area contributed by atoms with Gasteiger partial charge in [0.25, 0.3) is 5.91 Å². The summed E-state index contributed by atoms with van der Waals surface area (Å²) in [4.78, 5) is 68.6. The summed E-state index contributed by atoms with van der Waals surface area (Å²) in [5, 5.41) is 3.39. The van der Waals surface area contributed by atoms with Gasteiger partial charge in [0, 0.05) is 60.5 Å². The first kappa shape index (κ1) is 32.8. The van der Waals surface area contributed by atoms with Crippen molar-refractivity contribution in [3.63, 3.8) is 0 Å². The van der Waals surface area contributed by atoms with Gasteiger partial charge in [-0.3, -0.25) is 4.79 Å². The highest BCUT2D eigenvalue weighted by Gasteiger charge is 2.33. The van der Waals surface area contributed by atoms with Crippen molar-refractivity contribution < 1.29 is 32.7 Å². The van der Waals surface area contributed by atoms with Gasteiger partial charge in [0.1, 0.15) is 28.4 Å². The number of hydrogen-bond donors (Lipinski definition) is 1. The quantitative estimate of drug-likeness (QED) is 0.180. The largest absolute Gasteiger partial charge is 0.467 e. The van der Waals surface area contributed by atoms with Crippen molar-refractivity contribution in [2.75, 3.05) is 43.1 Å². The van der Waals surface area contributed by atoms with Crippen molar-refractivity contribution in [3.8, 4) is 0 Å². The second-order valence-corrected chi connectivity index (χ2v) is 10.3. The van der Waals surface area contributed by atoms with Crippen molar-refractivity contribution in [2.45, 2.75) is 46.8 Å². The normalized spacial score (nSPS) is 12.4. The Hall–Kier alpha value is -5.13. The number of fused-ring (bicyclic) bond motifs is 2. The second kappa shape index (κ2) is 14.1. The lowest BCUT2D eigenvalue weighted by atomic mass is 10.1. The average molecular weight is 620 g/mol. The minimum atomic E-state index is -1.52. The molecule has 2 aromatic heterocycles. The maximum atomic E-state index is 13.2. The van der Waals surface area contributed by atoms with E-state index in [0.29, 0.717) is 21.9 Å². The number of rotatable bonds is 12. The first-order valence-electron chi connectivity index (χ1n) is 14.8. The lowest BCUT2D eigenvalue weighted by Gasteiger charge is -2.23. The summed E-state index contributed by atoms with van der Waals surface area (Å²) in [5.74, 6) is -2.94.